The fraction of sp³-hybridized carbons (Fsp3) is 0.625. The zero-order chi connectivity index (χ0) is 15.2. The summed E-state index contributed by atoms with van der Waals surface area (Å²) in [4.78, 5) is 20.8. The van der Waals surface area contributed by atoms with Gasteiger partial charge in [-0.3, -0.25) is 4.79 Å². The molecule has 7 heteroatoms. The van der Waals surface area contributed by atoms with Gasteiger partial charge in [-0.25, -0.2) is 4.98 Å². The molecule has 1 fully saturated rings. The van der Waals surface area contributed by atoms with Gasteiger partial charge in [-0.2, -0.15) is 0 Å². The van der Waals surface area contributed by atoms with Crippen molar-refractivity contribution in [2.45, 2.75) is 38.6 Å². The van der Waals surface area contributed by atoms with Gasteiger partial charge in [0.15, 0.2) is 0 Å². The van der Waals surface area contributed by atoms with Crippen LogP contribution in [-0.2, 0) is 0 Å². The Balaban J connectivity index is 0.00000242. The van der Waals surface area contributed by atoms with E-state index < -0.39 is 0 Å². The van der Waals surface area contributed by atoms with E-state index in [0.29, 0.717) is 12.1 Å². The second-order valence-corrected chi connectivity index (χ2v) is 5.81. The molecule has 0 saturated carbocycles. The van der Waals surface area contributed by atoms with Gasteiger partial charge in [-0.15, -0.1) is 24.8 Å². The van der Waals surface area contributed by atoms with Gasteiger partial charge in [-0.1, -0.05) is 12.8 Å². The molecule has 2 N–H and O–H groups in total. The number of nitrogens with two attached hydrogens (primary N) is 1. The molecule has 0 aromatic carbocycles. The maximum atomic E-state index is 12.3. The third-order valence-corrected chi connectivity index (χ3v) is 4.25. The second kappa shape index (κ2) is 10.7. The molecule has 0 spiro atoms. The van der Waals surface area contributed by atoms with Crippen LogP contribution in [0.3, 0.4) is 0 Å². The molecular formula is C16H28Cl2N4O. The Morgan fingerprint density at radius 1 is 1.26 bits per heavy atom. The molecule has 1 aliphatic heterocycles. The van der Waals surface area contributed by atoms with Gasteiger partial charge in [0.2, 0.25) is 0 Å². The fourth-order valence-corrected chi connectivity index (χ4v) is 2.56. The lowest BCUT2D eigenvalue weighted by Gasteiger charge is -2.24. The Kier molecular flexibility index (Phi) is 10.2. The third kappa shape index (κ3) is 5.83. The number of nitrogens with zero attached hydrogens (tertiary/aromatic N) is 3. The standard InChI is InChI=1S/C16H26N4O.2ClH/c1-13(11-17)19(2)16(21)14-7-8-15(18-12-14)20-9-5-3-4-6-10-20;;/h7-8,12-13H,3-6,9-11,17H2,1-2H3;2*1H. The molecule has 1 unspecified atom stereocenters. The van der Waals surface area contributed by atoms with E-state index in [0.717, 1.165) is 18.9 Å². The summed E-state index contributed by atoms with van der Waals surface area (Å²) in [6, 6.07) is 3.86. The van der Waals surface area contributed by atoms with Crippen LogP contribution in [0.15, 0.2) is 18.3 Å². The summed E-state index contributed by atoms with van der Waals surface area (Å²) < 4.78 is 0. The number of anilines is 1. The Morgan fingerprint density at radius 3 is 2.35 bits per heavy atom. The minimum absolute atomic E-state index is 0. The lowest BCUT2D eigenvalue weighted by molar-refractivity contribution is 0.0748. The number of carbonyl (C=O) groups is 1. The second-order valence-electron chi connectivity index (χ2n) is 5.81. The largest absolute Gasteiger partial charge is 0.357 e. The predicted octanol–water partition coefficient (Wildman–Crippen LogP) is 2.72. The molecule has 0 aliphatic carbocycles. The highest BCUT2D eigenvalue weighted by molar-refractivity contribution is 5.94. The number of pyridine rings is 1. The first kappa shape index (κ1) is 22.0. The zero-order valence-electron chi connectivity index (χ0n) is 13.9. The maximum absolute atomic E-state index is 12.3. The molecule has 0 bridgehead atoms. The molecule has 2 rings (SSSR count). The first-order valence-corrected chi connectivity index (χ1v) is 7.81. The van der Waals surface area contributed by atoms with Crippen LogP contribution in [0.4, 0.5) is 5.82 Å². The van der Waals surface area contributed by atoms with Crippen molar-refractivity contribution in [3.05, 3.63) is 23.9 Å². The van der Waals surface area contributed by atoms with Gasteiger partial charge in [-0.05, 0) is 31.9 Å². The molecule has 5 nitrogen and oxygen atoms in total. The number of hydrogen-bond donors (Lipinski definition) is 1. The van der Waals surface area contributed by atoms with Crippen molar-refractivity contribution in [1.82, 2.24) is 9.88 Å². The van der Waals surface area contributed by atoms with Crippen molar-refractivity contribution in [3.8, 4) is 0 Å². The average Bonchev–Trinajstić information content (AvgIpc) is 2.82. The highest BCUT2D eigenvalue weighted by Gasteiger charge is 2.17. The highest BCUT2D eigenvalue weighted by atomic mass is 35.5. The molecular weight excluding hydrogens is 335 g/mol. The van der Waals surface area contributed by atoms with Crippen molar-refractivity contribution in [2.24, 2.45) is 5.73 Å². The minimum atomic E-state index is -0.0251. The minimum Gasteiger partial charge on any atom is -0.357 e. The summed E-state index contributed by atoms with van der Waals surface area (Å²) in [6.07, 6.45) is 6.73. The summed E-state index contributed by atoms with van der Waals surface area (Å²) in [6.45, 7) is 4.52. The van der Waals surface area contributed by atoms with Crippen LogP contribution in [0.1, 0.15) is 43.0 Å². The normalized spacial score (nSPS) is 15.7. The molecule has 1 aromatic rings. The van der Waals surface area contributed by atoms with Crippen molar-refractivity contribution in [3.63, 3.8) is 0 Å². The number of aromatic nitrogens is 1. The van der Waals surface area contributed by atoms with E-state index in [4.69, 9.17) is 5.73 Å². The van der Waals surface area contributed by atoms with Gasteiger partial charge in [0.25, 0.3) is 5.91 Å². The quantitative estimate of drug-likeness (QED) is 0.894. The van der Waals surface area contributed by atoms with Crippen LogP contribution in [0, 0.1) is 0 Å². The topological polar surface area (TPSA) is 62.5 Å². The first-order valence-electron chi connectivity index (χ1n) is 7.81. The summed E-state index contributed by atoms with van der Waals surface area (Å²) in [5, 5.41) is 0. The number of likely N-dealkylation sites (N-methyl/N-ethyl adjacent to an activating group) is 1. The molecule has 1 saturated heterocycles. The fourth-order valence-electron chi connectivity index (χ4n) is 2.56. The van der Waals surface area contributed by atoms with Crippen LogP contribution in [0.5, 0.6) is 0 Å². The van der Waals surface area contributed by atoms with E-state index in [1.165, 1.54) is 25.7 Å². The Labute approximate surface area is 151 Å². The summed E-state index contributed by atoms with van der Waals surface area (Å²) in [7, 11) is 1.78. The molecule has 0 radical (unpaired) electrons. The van der Waals surface area contributed by atoms with Gasteiger partial charge < -0.3 is 15.5 Å². The van der Waals surface area contributed by atoms with Crippen LogP contribution >= 0.6 is 24.8 Å². The summed E-state index contributed by atoms with van der Waals surface area (Å²) in [5.74, 6) is 0.950. The number of halogens is 2. The van der Waals surface area contributed by atoms with E-state index in [2.05, 4.69) is 9.88 Å². The van der Waals surface area contributed by atoms with Crippen LogP contribution in [0.25, 0.3) is 0 Å². The average molecular weight is 363 g/mol. The summed E-state index contributed by atoms with van der Waals surface area (Å²) >= 11 is 0. The van der Waals surface area contributed by atoms with Gasteiger partial charge in [0, 0.05) is 38.9 Å². The van der Waals surface area contributed by atoms with Crippen molar-refractivity contribution >= 4 is 36.5 Å². The van der Waals surface area contributed by atoms with Crippen LogP contribution in [0.2, 0.25) is 0 Å². The van der Waals surface area contributed by atoms with E-state index in [1.54, 1.807) is 18.1 Å². The predicted molar refractivity (Wildman–Crippen MR) is 100 cm³/mol. The van der Waals surface area contributed by atoms with Crippen LogP contribution < -0.4 is 10.6 Å². The molecule has 1 aliphatic rings. The maximum Gasteiger partial charge on any atom is 0.255 e. The van der Waals surface area contributed by atoms with Gasteiger partial charge in [0.1, 0.15) is 5.82 Å². The summed E-state index contributed by atoms with van der Waals surface area (Å²) in [5.41, 5.74) is 6.23. The lowest BCUT2D eigenvalue weighted by atomic mass is 10.2. The zero-order valence-corrected chi connectivity index (χ0v) is 15.5. The SMILES string of the molecule is CC(CN)N(C)C(=O)c1ccc(N2CCCCCC2)nc1.Cl.Cl. The first-order chi connectivity index (χ1) is 10.1. The van der Waals surface area contributed by atoms with E-state index in [-0.39, 0.29) is 36.8 Å². The van der Waals surface area contributed by atoms with Crippen LogP contribution in [-0.4, -0.2) is 48.5 Å². The molecule has 1 amide bonds. The van der Waals surface area contributed by atoms with Gasteiger partial charge >= 0.3 is 0 Å². The number of hydrogen-bond acceptors (Lipinski definition) is 4. The Morgan fingerprint density at radius 2 is 1.87 bits per heavy atom. The Hall–Kier alpha value is -1.04. The lowest BCUT2D eigenvalue weighted by Crippen LogP contribution is -2.39. The molecule has 2 heterocycles. The molecule has 23 heavy (non-hydrogen) atoms. The third-order valence-electron chi connectivity index (χ3n) is 4.25. The van der Waals surface area contributed by atoms with E-state index in [9.17, 15) is 4.79 Å². The monoisotopic (exact) mass is 362 g/mol. The molecule has 132 valence electrons. The molecule has 1 aromatic heterocycles. The van der Waals surface area contributed by atoms with Crippen molar-refractivity contribution < 1.29 is 4.79 Å². The smallest absolute Gasteiger partial charge is 0.255 e. The van der Waals surface area contributed by atoms with Gasteiger partial charge in [0.05, 0.1) is 5.56 Å². The Bertz CT molecular complexity index is 462. The van der Waals surface area contributed by atoms with E-state index in [1.807, 2.05) is 19.1 Å². The van der Waals surface area contributed by atoms with Crippen molar-refractivity contribution in [2.75, 3.05) is 31.6 Å². The number of rotatable bonds is 4. The number of carbonyl (C=O) groups excluding carboxylic acids is 1. The van der Waals surface area contributed by atoms with Crippen molar-refractivity contribution in [1.29, 1.82) is 0 Å². The molecule has 1 atom stereocenters. The van der Waals surface area contributed by atoms with E-state index >= 15 is 0 Å². The highest BCUT2D eigenvalue weighted by Crippen LogP contribution is 2.18. The number of amides is 1.